The summed E-state index contributed by atoms with van der Waals surface area (Å²) >= 11 is 0. The first-order chi connectivity index (χ1) is 24.5. The topological polar surface area (TPSA) is 58.8 Å². The van der Waals surface area contributed by atoms with E-state index in [2.05, 4.69) is 111 Å². The van der Waals surface area contributed by atoms with Crippen LogP contribution in [0.15, 0.2) is 152 Å². The summed E-state index contributed by atoms with van der Waals surface area (Å²) in [6.45, 7) is 4.42. The zero-order chi connectivity index (χ0) is 33.8. The summed E-state index contributed by atoms with van der Waals surface area (Å²) in [4.78, 5) is 10.1. The molecule has 4 heteroatoms. The fraction of sp³-hybridized carbons (Fsp3) is 0.0652. The van der Waals surface area contributed by atoms with Crippen LogP contribution in [0, 0.1) is 11.3 Å². The molecule has 1 aliphatic heterocycles. The van der Waals surface area contributed by atoms with Gasteiger partial charge in [-0.05, 0) is 51.4 Å². The van der Waals surface area contributed by atoms with Crippen LogP contribution in [0.5, 0.6) is 11.5 Å². The number of para-hydroxylation sites is 1. The molecule has 1 aromatic heterocycles. The number of nitriles is 1. The van der Waals surface area contributed by atoms with Crippen molar-refractivity contribution in [3.8, 4) is 62.6 Å². The highest BCUT2D eigenvalue weighted by Crippen LogP contribution is 2.52. The van der Waals surface area contributed by atoms with E-state index in [-0.39, 0.29) is 5.41 Å². The highest BCUT2D eigenvalue weighted by atomic mass is 16.5. The van der Waals surface area contributed by atoms with E-state index >= 15 is 0 Å². The molecule has 8 aromatic rings. The van der Waals surface area contributed by atoms with Crippen molar-refractivity contribution in [3.63, 3.8) is 0 Å². The second kappa shape index (κ2) is 11.5. The third-order valence-electron chi connectivity index (χ3n) is 9.99. The van der Waals surface area contributed by atoms with Gasteiger partial charge in [0.1, 0.15) is 11.5 Å². The van der Waals surface area contributed by atoms with Crippen molar-refractivity contribution in [1.82, 2.24) is 9.97 Å². The molecule has 0 aliphatic carbocycles. The Kier molecular flexibility index (Phi) is 6.82. The Morgan fingerprint density at radius 3 is 2.02 bits per heavy atom. The summed E-state index contributed by atoms with van der Waals surface area (Å²) in [5, 5.41) is 15.1. The number of ether oxygens (including phenoxy) is 1. The smallest absolute Gasteiger partial charge is 0.160 e. The van der Waals surface area contributed by atoms with E-state index in [1.807, 2.05) is 60.7 Å². The molecule has 1 aliphatic rings. The lowest BCUT2D eigenvalue weighted by Gasteiger charge is -2.35. The van der Waals surface area contributed by atoms with E-state index in [0.717, 1.165) is 61.8 Å². The van der Waals surface area contributed by atoms with E-state index in [1.165, 1.54) is 21.5 Å². The van der Waals surface area contributed by atoms with Crippen molar-refractivity contribution in [2.24, 2.45) is 0 Å². The Morgan fingerprint density at radius 1 is 0.540 bits per heavy atom. The van der Waals surface area contributed by atoms with Gasteiger partial charge in [0, 0.05) is 38.8 Å². The average molecular weight is 642 g/mol. The molecule has 0 saturated carbocycles. The maximum atomic E-state index is 10.2. The van der Waals surface area contributed by atoms with Gasteiger partial charge in [-0.3, -0.25) is 0 Å². The van der Waals surface area contributed by atoms with Gasteiger partial charge in [-0.15, -0.1) is 0 Å². The van der Waals surface area contributed by atoms with E-state index in [9.17, 15) is 5.26 Å². The first-order valence-electron chi connectivity index (χ1n) is 16.8. The van der Waals surface area contributed by atoms with Crippen LogP contribution >= 0.6 is 0 Å². The van der Waals surface area contributed by atoms with Gasteiger partial charge in [-0.25, -0.2) is 9.97 Å². The molecule has 2 heterocycles. The molecule has 7 aromatic carbocycles. The minimum Gasteiger partial charge on any atom is -0.456 e. The molecule has 0 spiro atoms. The Balaban J connectivity index is 1.16. The lowest BCUT2D eigenvalue weighted by Crippen LogP contribution is -2.24. The van der Waals surface area contributed by atoms with Crippen molar-refractivity contribution >= 4 is 21.5 Å². The zero-order valence-corrected chi connectivity index (χ0v) is 27.7. The summed E-state index contributed by atoms with van der Waals surface area (Å²) in [7, 11) is 0. The Bertz CT molecular complexity index is 2650. The highest BCUT2D eigenvalue weighted by molar-refractivity contribution is 6.08. The SMILES string of the molecule is CC1(C)c2ccccc2Oc2c1ccc(C#N)c2-c1ccc(-c2cc(-c3ccc4c(ccc5ccccc54)c3)nc(-c3ccccc3)n2)cc1. The zero-order valence-electron chi connectivity index (χ0n) is 27.7. The van der Waals surface area contributed by atoms with Crippen molar-refractivity contribution in [2.75, 3.05) is 0 Å². The average Bonchev–Trinajstić information content (AvgIpc) is 3.17. The first kappa shape index (κ1) is 29.6. The van der Waals surface area contributed by atoms with Gasteiger partial charge in [0.15, 0.2) is 5.82 Å². The minimum atomic E-state index is -0.284. The second-order valence-corrected chi connectivity index (χ2v) is 13.3. The monoisotopic (exact) mass is 641 g/mol. The number of benzene rings is 7. The summed E-state index contributed by atoms with van der Waals surface area (Å²) < 4.78 is 6.57. The second-order valence-electron chi connectivity index (χ2n) is 13.3. The number of fused-ring (bicyclic) bond motifs is 5. The molecule has 0 unspecified atom stereocenters. The molecular weight excluding hydrogens is 611 g/mol. The van der Waals surface area contributed by atoms with Crippen LogP contribution in [-0.2, 0) is 5.41 Å². The third kappa shape index (κ3) is 4.83. The largest absolute Gasteiger partial charge is 0.456 e. The molecule has 9 rings (SSSR count). The van der Waals surface area contributed by atoms with Crippen LogP contribution in [0.25, 0.3) is 66.6 Å². The molecule has 0 fully saturated rings. The van der Waals surface area contributed by atoms with Gasteiger partial charge in [-0.1, -0.05) is 141 Å². The minimum absolute atomic E-state index is 0.284. The molecule has 0 amide bonds. The molecule has 0 atom stereocenters. The van der Waals surface area contributed by atoms with Crippen LogP contribution in [0.1, 0.15) is 30.5 Å². The molecule has 0 radical (unpaired) electrons. The van der Waals surface area contributed by atoms with Crippen LogP contribution in [0.3, 0.4) is 0 Å². The summed E-state index contributed by atoms with van der Waals surface area (Å²) in [6.07, 6.45) is 0. The predicted octanol–water partition coefficient (Wildman–Crippen LogP) is 11.8. The fourth-order valence-corrected chi connectivity index (χ4v) is 7.33. The van der Waals surface area contributed by atoms with Gasteiger partial charge >= 0.3 is 0 Å². The summed E-state index contributed by atoms with van der Waals surface area (Å²) in [5.41, 5.74) is 8.81. The Labute approximate surface area is 290 Å². The number of aromatic nitrogens is 2. The third-order valence-corrected chi connectivity index (χ3v) is 9.99. The van der Waals surface area contributed by atoms with Crippen LogP contribution < -0.4 is 4.74 Å². The normalized spacial score (nSPS) is 12.9. The standard InChI is InChI=1S/C46H31N3O/c1-46(2)38-14-8-9-15-42(38)50-44-39(46)25-23-35(28-47)43(44)31-19-17-30(18-20-31)40-27-41(49-45(48-40)32-11-4-3-5-12-32)34-22-24-37-33(26-34)21-16-29-10-6-7-13-36(29)37/h3-27H,1-2H3. The number of hydrogen-bond donors (Lipinski definition) is 0. The fourth-order valence-electron chi connectivity index (χ4n) is 7.33. The van der Waals surface area contributed by atoms with Gasteiger partial charge in [0.2, 0.25) is 0 Å². The van der Waals surface area contributed by atoms with E-state index in [0.29, 0.717) is 11.4 Å². The molecule has 0 N–H and O–H groups in total. The van der Waals surface area contributed by atoms with Crippen LogP contribution in [0.4, 0.5) is 0 Å². The van der Waals surface area contributed by atoms with Crippen molar-refractivity contribution in [3.05, 3.63) is 168 Å². The van der Waals surface area contributed by atoms with E-state index < -0.39 is 0 Å². The number of rotatable bonds is 4. The maximum absolute atomic E-state index is 10.2. The molecule has 0 bridgehead atoms. The van der Waals surface area contributed by atoms with Gasteiger partial charge in [-0.2, -0.15) is 5.26 Å². The molecule has 4 nitrogen and oxygen atoms in total. The molecular formula is C46H31N3O. The predicted molar refractivity (Wildman–Crippen MR) is 202 cm³/mol. The molecule has 236 valence electrons. The van der Waals surface area contributed by atoms with Gasteiger partial charge in [0.05, 0.1) is 23.0 Å². The van der Waals surface area contributed by atoms with Crippen molar-refractivity contribution < 1.29 is 4.74 Å². The van der Waals surface area contributed by atoms with Gasteiger partial charge < -0.3 is 4.74 Å². The Hall–Kier alpha value is -6.57. The van der Waals surface area contributed by atoms with Crippen molar-refractivity contribution in [2.45, 2.75) is 19.3 Å². The lowest BCUT2D eigenvalue weighted by atomic mass is 9.74. The number of nitrogens with zero attached hydrogens (tertiary/aromatic N) is 3. The van der Waals surface area contributed by atoms with E-state index in [4.69, 9.17) is 14.7 Å². The number of hydrogen-bond acceptors (Lipinski definition) is 4. The molecule has 50 heavy (non-hydrogen) atoms. The van der Waals surface area contributed by atoms with Crippen LogP contribution in [-0.4, -0.2) is 9.97 Å². The molecule has 0 saturated heterocycles. The maximum Gasteiger partial charge on any atom is 0.160 e. The Morgan fingerprint density at radius 2 is 1.20 bits per heavy atom. The van der Waals surface area contributed by atoms with Gasteiger partial charge in [0.25, 0.3) is 0 Å². The quantitative estimate of drug-likeness (QED) is 0.179. The van der Waals surface area contributed by atoms with Crippen molar-refractivity contribution in [1.29, 1.82) is 5.26 Å². The first-order valence-corrected chi connectivity index (χ1v) is 16.8. The lowest BCUT2D eigenvalue weighted by molar-refractivity contribution is 0.419. The highest BCUT2D eigenvalue weighted by Gasteiger charge is 2.36. The van der Waals surface area contributed by atoms with E-state index in [1.54, 1.807) is 0 Å². The summed E-state index contributed by atoms with van der Waals surface area (Å²) in [6, 6.07) is 54.4. The van der Waals surface area contributed by atoms with Crippen LogP contribution in [0.2, 0.25) is 0 Å². The summed E-state index contributed by atoms with van der Waals surface area (Å²) in [5.74, 6) is 2.22.